The second kappa shape index (κ2) is 5.60. The second-order valence-corrected chi connectivity index (χ2v) is 6.38. The summed E-state index contributed by atoms with van der Waals surface area (Å²) < 4.78 is 4.97. The van der Waals surface area contributed by atoms with Crippen LogP contribution in [0, 0.1) is 24.0 Å². The number of methoxy groups -OCH3 is 1. The molecule has 0 amide bonds. The number of fused-ring (bicyclic) bond motifs is 1. The van der Waals surface area contributed by atoms with Crippen LogP contribution in [0.15, 0.2) is 16.9 Å². The maximum atomic E-state index is 12.3. The Labute approximate surface area is 139 Å². The topological polar surface area (TPSA) is 118 Å². The van der Waals surface area contributed by atoms with E-state index in [0.717, 1.165) is 16.5 Å². The lowest BCUT2D eigenvalue weighted by molar-refractivity contribution is -0.385. The fraction of sp³-hybridized carbons (Fsp3) is 0.200. The predicted molar refractivity (Wildman–Crippen MR) is 90.0 cm³/mol. The van der Waals surface area contributed by atoms with Crippen molar-refractivity contribution in [2.75, 3.05) is 7.11 Å². The van der Waals surface area contributed by atoms with Gasteiger partial charge in [-0.05, 0) is 25.5 Å². The van der Waals surface area contributed by atoms with Gasteiger partial charge in [0.25, 0.3) is 5.56 Å². The highest BCUT2D eigenvalue weighted by Gasteiger charge is 2.22. The summed E-state index contributed by atoms with van der Waals surface area (Å²) in [5, 5.41) is 21.5. The summed E-state index contributed by atoms with van der Waals surface area (Å²) in [6, 6.07) is 2.54. The van der Waals surface area contributed by atoms with Gasteiger partial charge in [0.15, 0.2) is 5.75 Å². The highest BCUT2D eigenvalue weighted by atomic mass is 32.1. The molecule has 1 aromatic carbocycles. The number of aromatic hydroxyl groups is 1. The Morgan fingerprint density at radius 3 is 2.71 bits per heavy atom. The first-order valence-corrected chi connectivity index (χ1v) is 7.71. The molecule has 3 rings (SSSR count). The van der Waals surface area contributed by atoms with E-state index in [9.17, 15) is 20.0 Å². The number of thiophene rings is 1. The molecule has 8 nitrogen and oxygen atoms in total. The molecule has 3 aromatic rings. The number of aromatic amines is 1. The smallest absolute Gasteiger partial charge is 0.315 e. The number of nitrogens with one attached hydrogen (secondary N) is 1. The molecule has 0 aliphatic heterocycles. The van der Waals surface area contributed by atoms with Crippen LogP contribution in [0.2, 0.25) is 0 Å². The number of hydrogen-bond donors (Lipinski definition) is 2. The van der Waals surface area contributed by atoms with Crippen LogP contribution in [0.5, 0.6) is 11.5 Å². The Bertz CT molecular complexity index is 1040. The lowest BCUT2D eigenvalue weighted by Gasteiger charge is -2.07. The number of benzene rings is 1. The van der Waals surface area contributed by atoms with E-state index in [1.165, 1.54) is 24.5 Å². The minimum atomic E-state index is -0.725. The van der Waals surface area contributed by atoms with E-state index in [0.29, 0.717) is 10.2 Å². The monoisotopic (exact) mass is 347 g/mol. The third-order valence-electron chi connectivity index (χ3n) is 3.78. The number of nitrogens with zero attached hydrogens (tertiary/aromatic N) is 2. The van der Waals surface area contributed by atoms with Crippen LogP contribution < -0.4 is 10.3 Å². The number of aromatic nitrogens is 2. The van der Waals surface area contributed by atoms with E-state index in [2.05, 4.69) is 9.97 Å². The summed E-state index contributed by atoms with van der Waals surface area (Å²) in [5.74, 6) is -0.465. The van der Waals surface area contributed by atoms with E-state index in [-0.39, 0.29) is 22.7 Å². The molecule has 2 heterocycles. The van der Waals surface area contributed by atoms with E-state index >= 15 is 0 Å². The number of aryl methyl sites for hydroxylation is 2. The Balaban J connectivity index is 2.29. The number of nitro benzene ring substituents is 1. The van der Waals surface area contributed by atoms with Gasteiger partial charge < -0.3 is 14.8 Å². The van der Waals surface area contributed by atoms with Crippen LogP contribution >= 0.6 is 11.3 Å². The number of phenolic OH excluding ortho intramolecular Hbond substituents is 1. The standard InChI is InChI=1S/C15H13N3O5S/c1-6-7(2)24-15-11(6)14(20)16-13(17-15)8-4-9(18(21)22)12(19)10(5-8)23-3/h4-5,19H,1-3H3,(H,16,17,20). The van der Waals surface area contributed by atoms with Crippen molar-refractivity contribution < 1.29 is 14.8 Å². The van der Waals surface area contributed by atoms with Gasteiger partial charge in [0.2, 0.25) is 5.75 Å². The van der Waals surface area contributed by atoms with Crippen LogP contribution in [0.25, 0.3) is 21.6 Å². The highest BCUT2D eigenvalue weighted by Crippen LogP contribution is 2.39. The SMILES string of the molecule is COc1cc(-c2nc3sc(C)c(C)c3c(=O)[nH]2)cc([N+](=O)[O-])c1O. The van der Waals surface area contributed by atoms with Crippen molar-refractivity contribution in [1.29, 1.82) is 0 Å². The number of phenols is 1. The van der Waals surface area contributed by atoms with Gasteiger partial charge in [-0.1, -0.05) is 0 Å². The molecule has 0 spiro atoms. The van der Waals surface area contributed by atoms with Gasteiger partial charge in [0.05, 0.1) is 17.4 Å². The van der Waals surface area contributed by atoms with Crippen molar-refractivity contribution in [2.24, 2.45) is 0 Å². The molecule has 0 unspecified atom stereocenters. The van der Waals surface area contributed by atoms with Crippen LogP contribution in [-0.4, -0.2) is 27.1 Å². The summed E-state index contributed by atoms with van der Waals surface area (Å²) in [5.41, 5.74) is 0.306. The third-order valence-corrected chi connectivity index (χ3v) is 4.89. The summed E-state index contributed by atoms with van der Waals surface area (Å²) in [4.78, 5) is 31.3. The van der Waals surface area contributed by atoms with E-state index in [1.54, 1.807) is 0 Å². The molecule has 0 bridgehead atoms. The number of nitro groups is 1. The lowest BCUT2D eigenvalue weighted by atomic mass is 10.1. The molecular formula is C15H13N3O5S. The molecule has 0 aliphatic rings. The average Bonchev–Trinajstić information content (AvgIpc) is 2.82. The molecule has 124 valence electrons. The average molecular weight is 347 g/mol. The van der Waals surface area contributed by atoms with Crippen LogP contribution in [0.3, 0.4) is 0 Å². The molecule has 9 heteroatoms. The summed E-state index contributed by atoms with van der Waals surface area (Å²) >= 11 is 1.38. The molecule has 24 heavy (non-hydrogen) atoms. The van der Waals surface area contributed by atoms with Gasteiger partial charge in [0.1, 0.15) is 10.7 Å². The fourth-order valence-corrected chi connectivity index (χ4v) is 3.45. The molecule has 0 saturated carbocycles. The van der Waals surface area contributed by atoms with Gasteiger partial charge in [-0.15, -0.1) is 11.3 Å². The number of ether oxygens (including phenoxy) is 1. The van der Waals surface area contributed by atoms with E-state index in [4.69, 9.17) is 4.74 Å². The zero-order valence-corrected chi connectivity index (χ0v) is 13.9. The van der Waals surface area contributed by atoms with Gasteiger partial charge in [-0.3, -0.25) is 14.9 Å². The molecular weight excluding hydrogens is 334 g/mol. The molecule has 0 saturated heterocycles. The second-order valence-electron chi connectivity index (χ2n) is 5.18. The van der Waals surface area contributed by atoms with E-state index in [1.807, 2.05) is 13.8 Å². The van der Waals surface area contributed by atoms with Crippen LogP contribution in [-0.2, 0) is 0 Å². The largest absolute Gasteiger partial charge is 0.500 e. The number of H-pyrrole nitrogens is 1. The first-order valence-electron chi connectivity index (χ1n) is 6.89. The molecule has 2 aromatic heterocycles. The molecule has 2 N–H and O–H groups in total. The lowest BCUT2D eigenvalue weighted by Crippen LogP contribution is -2.09. The van der Waals surface area contributed by atoms with Crippen molar-refractivity contribution in [2.45, 2.75) is 13.8 Å². The van der Waals surface area contributed by atoms with E-state index < -0.39 is 16.4 Å². The maximum absolute atomic E-state index is 12.3. The highest BCUT2D eigenvalue weighted by molar-refractivity contribution is 7.18. The van der Waals surface area contributed by atoms with Crippen molar-refractivity contribution in [3.05, 3.63) is 43.0 Å². The maximum Gasteiger partial charge on any atom is 0.315 e. The molecule has 0 radical (unpaired) electrons. The van der Waals surface area contributed by atoms with Gasteiger partial charge in [-0.2, -0.15) is 0 Å². The van der Waals surface area contributed by atoms with Crippen molar-refractivity contribution in [1.82, 2.24) is 9.97 Å². The molecule has 0 aliphatic carbocycles. The molecule has 0 fully saturated rings. The first kappa shape index (κ1) is 15.9. The quantitative estimate of drug-likeness (QED) is 0.555. The first-order chi connectivity index (χ1) is 11.3. The zero-order valence-electron chi connectivity index (χ0n) is 13.0. The normalized spacial score (nSPS) is 11.0. The van der Waals surface area contributed by atoms with Crippen LogP contribution in [0.1, 0.15) is 10.4 Å². The zero-order chi connectivity index (χ0) is 17.6. The Morgan fingerprint density at radius 1 is 1.38 bits per heavy atom. The predicted octanol–water partition coefficient (Wildman–Crippen LogP) is 2.89. The van der Waals surface area contributed by atoms with Crippen molar-refractivity contribution in [3.8, 4) is 22.9 Å². The number of rotatable bonds is 3. The Kier molecular flexibility index (Phi) is 3.72. The Morgan fingerprint density at radius 2 is 2.08 bits per heavy atom. The third kappa shape index (κ3) is 2.38. The van der Waals surface area contributed by atoms with Crippen molar-refractivity contribution >= 4 is 27.2 Å². The van der Waals surface area contributed by atoms with Gasteiger partial charge >= 0.3 is 5.69 Å². The minimum Gasteiger partial charge on any atom is -0.500 e. The minimum absolute atomic E-state index is 0.0690. The molecule has 0 atom stereocenters. The fourth-order valence-electron chi connectivity index (χ4n) is 2.42. The number of hydrogen-bond acceptors (Lipinski definition) is 7. The Hall–Kier alpha value is -2.94. The summed E-state index contributed by atoms with van der Waals surface area (Å²) in [6.07, 6.45) is 0. The van der Waals surface area contributed by atoms with Crippen molar-refractivity contribution in [3.63, 3.8) is 0 Å². The summed E-state index contributed by atoms with van der Waals surface area (Å²) in [6.45, 7) is 3.74. The van der Waals surface area contributed by atoms with Crippen LogP contribution in [0.4, 0.5) is 5.69 Å². The van der Waals surface area contributed by atoms with Gasteiger partial charge in [-0.25, -0.2) is 4.98 Å². The van der Waals surface area contributed by atoms with Gasteiger partial charge in [0, 0.05) is 16.5 Å². The summed E-state index contributed by atoms with van der Waals surface area (Å²) in [7, 11) is 1.29.